The Morgan fingerprint density at radius 3 is 2.57 bits per heavy atom. The lowest BCUT2D eigenvalue weighted by atomic mass is 9.56. The second kappa shape index (κ2) is 4.47. The van der Waals surface area contributed by atoms with Crippen LogP contribution in [0.1, 0.15) is 46.5 Å². The van der Waals surface area contributed by atoms with Gasteiger partial charge in [-0.15, -0.1) is 0 Å². The van der Waals surface area contributed by atoms with Gasteiger partial charge >= 0.3 is 0 Å². The lowest BCUT2D eigenvalue weighted by molar-refractivity contribution is -0.569. The van der Waals surface area contributed by atoms with Crippen molar-refractivity contribution in [2.24, 2.45) is 23.7 Å². The van der Waals surface area contributed by atoms with Crippen LogP contribution in [0.15, 0.2) is 0 Å². The molecule has 21 heavy (non-hydrogen) atoms. The molecule has 116 valence electrons. The first-order chi connectivity index (χ1) is 9.79. The Morgan fingerprint density at radius 1 is 1.05 bits per heavy atom. The Labute approximate surface area is 135 Å². The summed E-state index contributed by atoms with van der Waals surface area (Å²) in [5.41, 5.74) is -0.524. The van der Waals surface area contributed by atoms with Gasteiger partial charge in [0.2, 0.25) is 5.79 Å². The Bertz CT molecular complexity index is 461. The fourth-order valence-corrected chi connectivity index (χ4v) is 5.42. The summed E-state index contributed by atoms with van der Waals surface area (Å²) in [6, 6.07) is 0. The van der Waals surface area contributed by atoms with E-state index in [1.54, 1.807) is 0 Å². The van der Waals surface area contributed by atoms with Crippen LogP contribution in [0.25, 0.3) is 0 Å². The summed E-state index contributed by atoms with van der Waals surface area (Å²) in [6.07, 6.45) is 3.65. The molecule has 6 heteroatoms. The predicted octanol–water partition coefficient (Wildman–Crippen LogP) is 3.09. The van der Waals surface area contributed by atoms with Crippen molar-refractivity contribution in [3.05, 3.63) is 0 Å². The molecule has 0 aromatic rings. The van der Waals surface area contributed by atoms with Gasteiger partial charge in [0.15, 0.2) is 11.9 Å². The molecule has 5 aliphatic rings. The maximum atomic E-state index is 6.34. The molecule has 4 aliphatic heterocycles. The molecule has 4 nitrogen and oxygen atoms in total. The van der Waals surface area contributed by atoms with Gasteiger partial charge in [-0.1, -0.05) is 29.8 Å². The van der Waals surface area contributed by atoms with E-state index in [9.17, 15) is 0 Å². The minimum absolute atomic E-state index is 0.124. The van der Waals surface area contributed by atoms with Crippen molar-refractivity contribution in [3.63, 3.8) is 0 Å². The Hall–Kier alpha value is 0.385. The van der Waals surface area contributed by atoms with Gasteiger partial charge in [-0.2, -0.15) is 0 Å². The van der Waals surface area contributed by atoms with Crippen LogP contribution in [0.2, 0.25) is 0 Å². The van der Waals surface area contributed by atoms with Gasteiger partial charge in [-0.3, -0.25) is 0 Å². The summed E-state index contributed by atoms with van der Waals surface area (Å²) in [7, 11) is 6.34. The highest BCUT2D eigenvalue weighted by molar-refractivity contribution is 9.10. The quantitative estimate of drug-likeness (QED) is 0.379. The summed E-state index contributed by atoms with van der Waals surface area (Å²) >= 11 is 3.55. The number of halogens is 1. The lowest BCUT2D eigenvalue weighted by Crippen LogP contribution is -2.72. The molecule has 0 N–H and O–H groups in total. The highest BCUT2D eigenvalue weighted by Gasteiger charge is 2.70. The van der Waals surface area contributed by atoms with Crippen molar-refractivity contribution in [1.82, 2.24) is 0 Å². The van der Waals surface area contributed by atoms with Crippen LogP contribution in [-0.2, 0) is 19.2 Å². The molecule has 2 bridgehead atoms. The number of alkyl halides is 1. The molecule has 0 aromatic carbocycles. The summed E-state index contributed by atoms with van der Waals surface area (Å²) in [5, 5.41) is 0. The minimum atomic E-state index is -0.872. The summed E-state index contributed by atoms with van der Waals surface area (Å²) < 4.78 is 11.4. The number of hydrogen-bond acceptors (Lipinski definition) is 4. The van der Waals surface area contributed by atoms with Gasteiger partial charge in [-0.05, 0) is 43.9 Å². The van der Waals surface area contributed by atoms with Crippen molar-refractivity contribution in [2.75, 3.05) is 0 Å². The monoisotopic (exact) mass is 356 g/mol. The highest BCUT2D eigenvalue weighted by atomic mass is 79.9. The smallest absolute Gasteiger partial charge is 0.201 e. The third-order valence-electron chi connectivity index (χ3n) is 6.29. The van der Waals surface area contributed by atoms with Crippen LogP contribution in [0.4, 0.5) is 0 Å². The van der Waals surface area contributed by atoms with Crippen molar-refractivity contribution in [2.45, 2.75) is 68.5 Å². The normalized spacial score (nSPS) is 63.0. The van der Waals surface area contributed by atoms with Crippen LogP contribution in [0, 0.1) is 23.7 Å². The third-order valence-corrected chi connectivity index (χ3v) is 7.20. The molecule has 4 heterocycles. The molecule has 8 atom stereocenters. The van der Waals surface area contributed by atoms with Crippen LogP contribution in [0.3, 0.4) is 0 Å². The van der Waals surface area contributed by atoms with Crippen molar-refractivity contribution in [1.29, 1.82) is 0 Å². The molecule has 1 saturated carbocycles. The maximum absolute atomic E-state index is 6.34. The van der Waals surface area contributed by atoms with E-state index in [2.05, 4.69) is 29.8 Å². The Balaban J connectivity index is 1.83. The molecule has 4 saturated heterocycles. The fraction of sp³-hybridized carbons (Fsp3) is 1.00. The maximum Gasteiger partial charge on any atom is 0.201 e. The van der Waals surface area contributed by atoms with Gasteiger partial charge in [0.1, 0.15) is 7.85 Å². The molecule has 1 aliphatic carbocycles. The zero-order chi connectivity index (χ0) is 15.0. The van der Waals surface area contributed by atoms with Gasteiger partial charge < -0.3 is 9.47 Å². The van der Waals surface area contributed by atoms with Gasteiger partial charge in [0.25, 0.3) is 0 Å². The first kappa shape index (κ1) is 14.9. The van der Waals surface area contributed by atoms with Crippen LogP contribution in [-0.4, -0.2) is 29.9 Å². The second-order valence-electron chi connectivity index (χ2n) is 7.51. The van der Waals surface area contributed by atoms with E-state index in [0.29, 0.717) is 11.8 Å². The average molecular weight is 357 g/mol. The number of ether oxygens (including phenoxy) is 2. The number of hydrogen-bond donors (Lipinski definition) is 0. The number of rotatable bonds is 0. The SMILES string of the molecule is [B][C@]1(Br)O[C@@H]2O[C@@]3(C)CC[C@H]4[C@H](C)CC[C@@H]([C@H]1C)[C@@]24OO3. The highest BCUT2D eigenvalue weighted by Crippen LogP contribution is 2.62. The second-order valence-corrected chi connectivity index (χ2v) is 8.75. The van der Waals surface area contributed by atoms with Crippen molar-refractivity contribution < 1.29 is 19.2 Å². The molecule has 0 amide bonds. The zero-order valence-electron chi connectivity index (χ0n) is 12.8. The first-order valence-corrected chi connectivity index (χ1v) is 8.78. The standard InChI is InChI=1S/C15H22BBrO4/c1-8-4-5-11-9(2)15(16,17)19-12-14(11)10(8)6-7-13(3,18-12)20-21-14/h8-12H,4-7H2,1-3H3/t8-,9-,10+,11+,12+,13-,14-,15-/m1/s1. The Morgan fingerprint density at radius 2 is 1.81 bits per heavy atom. The van der Waals surface area contributed by atoms with Crippen LogP contribution in [0.5, 0.6) is 0 Å². The molecule has 2 radical (unpaired) electrons. The van der Waals surface area contributed by atoms with Crippen molar-refractivity contribution in [3.8, 4) is 0 Å². The summed E-state index contributed by atoms with van der Waals surface area (Å²) in [4.78, 5) is 11.8. The van der Waals surface area contributed by atoms with E-state index < -0.39 is 22.1 Å². The number of fused-ring (bicyclic) bond motifs is 2. The molecule has 5 fully saturated rings. The first-order valence-electron chi connectivity index (χ1n) is 7.99. The Kier molecular flexibility index (Phi) is 3.18. The molecule has 0 aromatic heterocycles. The van der Waals surface area contributed by atoms with E-state index in [1.165, 1.54) is 6.42 Å². The molecular weight excluding hydrogens is 335 g/mol. The van der Waals surface area contributed by atoms with Crippen molar-refractivity contribution >= 4 is 23.8 Å². The fourth-order valence-electron chi connectivity index (χ4n) is 4.93. The molecular formula is C15H22BBrO4. The summed E-state index contributed by atoms with van der Waals surface area (Å²) in [5.74, 6) is 0.619. The van der Waals surface area contributed by atoms with E-state index in [4.69, 9.17) is 27.1 Å². The van der Waals surface area contributed by atoms with E-state index in [0.717, 1.165) is 19.3 Å². The van der Waals surface area contributed by atoms with E-state index in [1.807, 2.05) is 6.92 Å². The zero-order valence-corrected chi connectivity index (χ0v) is 14.4. The van der Waals surface area contributed by atoms with Gasteiger partial charge in [0.05, 0.1) is 4.41 Å². The molecule has 5 rings (SSSR count). The molecule has 0 unspecified atom stereocenters. The van der Waals surface area contributed by atoms with Gasteiger partial charge in [0, 0.05) is 12.3 Å². The average Bonchev–Trinajstić information content (AvgIpc) is 2.62. The molecule has 1 spiro atoms. The van der Waals surface area contributed by atoms with E-state index in [-0.39, 0.29) is 11.8 Å². The van der Waals surface area contributed by atoms with Gasteiger partial charge in [-0.25, -0.2) is 9.78 Å². The van der Waals surface area contributed by atoms with Crippen LogP contribution < -0.4 is 0 Å². The van der Waals surface area contributed by atoms with E-state index >= 15 is 0 Å². The summed E-state index contributed by atoms with van der Waals surface area (Å²) in [6.45, 7) is 6.35. The van der Waals surface area contributed by atoms with Crippen LogP contribution >= 0.6 is 15.9 Å². The topological polar surface area (TPSA) is 36.9 Å². The lowest BCUT2D eigenvalue weighted by Gasteiger charge is -2.62. The largest absolute Gasteiger partial charge is 0.342 e. The minimum Gasteiger partial charge on any atom is -0.342 e. The predicted molar refractivity (Wildman–Crippen MR) is 80.5 cm³/mol. The third kappa shape index (κ3) is 1.89.